The molecule has 2 aromatic carbocycles. The molecule has 2 amide bonds. The van der Waals surface area contributed by atoms with Crippen LogP contribution in [-0.4, -0.2) is 57.0 Å². The first-order valence-corrected chi connectivity index (χ1v) is 19.6. The van der Waals surface area contributed by atoms with Crippen molar-refractivity contribution in [3.8, 4) is 11.1 Å². The normalized spacial score (nSPS) is 16.1. The first-order chi connectivity index (χ1) is 26.2. The maximum absolute atomic E-state index is 14.1. The molecule has 4 heterocycles. The molecule has 4 aromatic heterocycles. The van der Waals surface area contributed by atoms with Gasteiger partial charge < -0.3 is 26.4 Å². The molecule has 0 aliphatic heterocycles. The fraction of sp³-hybridized carbons (Fsp3) is 0.293. The summed E-state index contributed by atoms with van der Waals surface area (Å²) in [6.07, 6.45) is 10.6. The highest BCUT2D eigenvalue weighted by Gasteiger charge is 2.27. The zero-order valence-electron chi connectivity index (χ0n) is 31.2. The van der Waals surface area contributed by atoms with E-state index in [1.807, 2.05) is 52.0 Å². The van der Waals surface area contributed by atoms with E-state index in [1.54, 1.807) is 61.2 Å². The highest BCUT2D eigenvalue weighted by molar-refractivity contribution is 7.90. The monoisotopic (exact) mass is 760 g/mol. The number of aromatic nitrogens is 4. The summed E-state index contributed by atoms with van der Waals surface area (Å²) in [5, 5.41) is 10.8. The van der Waals surface area contributed by atoms with Crippen LogP contribution in [-0.2, 0) is 21.3 Å². The van der Waals surface area contributed by atoms with Crippen molar-refractivity contribution in [3.63, 3.8) is 0 Å². The van der Waals surface area contributed by atoms with Crippen LogP contribution in [0, 0.1) is 6.92 Å². The van der Waals surface area contributed by atoms with Gasteiger partial charge >= 0.3 is 6.09 Å². The van der Waals surface area contributed by atoms with Gasteiger partial charge in [-0.3, -0.25) is 14.8 Å². The number of pyridine rings is 3. The number of nitrogen functional groups attached to an aromatic ring is 1. The van der Waals surface area contributed by atoms with Gasteiger partial charge in [0, 0.05) is 59.8 Å². The van der Waals surface area contributed by atoms with Gasteiger partial charge in [-0.25, -0.2) is 22.2 Å². The number of hydrogen-bond acceptors (Lipinski definition) is 10. The van der Waals surface area contributed by atoms with Crippen LogP contribution < -0.4 is 21.7 Å². The van der Waals surface area contributed by atoms with Crippen LogP contribution in [0.1, 0.15) is 67.9 Å². The third-order valence-electron chi connectivity index (χ3n) is 9.63. The van der Waals surface area contributed by atoms with Crippen molar-refractivity contribution < 1.29 is 22.7 Å². The number of anilines is 2. The van der Waals surface area contributed by atoms with Crippen molar-refractivity contribution in [2.45, 2.75) is 82.5 Å². The summed E-state index contributed by atoms with van der Waals surface area (Å²) in [5.74, 6) is -0.365. The molecular weight excluding hydrogens is 717 g/mol. The number of carbonyl (C=O) groups is 2. The predicted octanol–water partition coefficient (Wildman–Crippen LogP) is 6.95. The van der Waals surface area contributed by atoms with E-state index in [-0.39, 0.29) is 40.6 Å². The predicted molar refractivity (Wildman–Crippen MR) is 213 cm³/mol. The number of nitrogens with zero attached hydrogens (tertiary/aromatic N) is 4. The van der Waals surface area contributed by atoms with Crippen LogP contribution in [0.5, 0.6) is 0 Å². The van der Waals surface area contributed by atoms with E-state index < -0.39 is 21.7 Å². The molecule has 0 saturated heterocycles. The van der Waals surface area contributed by atoms with E-state index in [9.17, 15) is 18.0 Å². The number of rotatable bonds is 9. The fourth-order valence-corrected chi connectivity index (χ4v) is 8.15. The first-order valence-electron chi connectivity index (χ1n) is 18.2. The average molecular weight is 761 g/mol. The lowest BCUT2D eigenvalue weighted by atomic mass is 9.91. The molecule has 5 N–H and O–H groups in total. The molecule has 7 rings (SSSR count). The second kappa shape index (κ2) is 15.0. The zero-order valence-corrected chi connectivity index (χ0v) is 32.0. The minimum Gasteiger partial charge on any atom is -0.444 e. The Balaban J connectivity index is 1.23. The molecule has 0 bridgehead atoms. The Morgan fingerprint density at radius 1 is 0.927 bits per heavy atom. The van der Waals surface area contributed by atoms with Crippen LogP contribution in [0.3, 0.4) is 0 Å². The molecule has 1 fully saturated rings. The first kappa shape index (κ1) is 37.3. The molecule has 1 saturated carbocycles. The number of fused-ring (bicyclic) bond motifs is 2. The van der Waals surface area contributed by atoms with Gasteiger partial charge in [0.25, 0.3) is 15.9 Å². The van der Waals surface area contributed by atoms with Gasteiger partial charge in [0.15, 0.2) is 5.65 Å². The Bertz CT molecular complexity index is 2490. The average Bonchev–Trinajstić information content (AvgIpc) is 3.55. The Hall–Kier alpha value is -6.02. The maximum Gasteiger partial charge on any atom is 0.407 e. The molecule has 284 valence electrons. The maximum atomic E-state index is 14.1. The SMILES string of the molecule is Cc1ccc(S(=O)(=O)n2cc(-c3ccc4ncc(N)c(N[C@H]5CC[C@H](NC(=O)OC(C)(C)C)CC5)c4c3)c3cc(C(=O)NCc4cccnc4)cnc32)cc1. The van der Waals surface area contributed by atoms with Crippen LogP contribution in [0.4, 0.5) is 16.2 Å². The quantitative estimate of drug-likeness (QED) is 0.120. The van der Waals surface area contributed by atoms with E-state index in [0.717, 1.165) is 47.9 Å². The molecule has 0 radical (unpaired) electrons. The van der Waals surface area contributed by atoms with E-state index in [4.69, 9.17) is 10.5 Å². The summed E-state index contributed by atoms with van der Waals surface area (Å²) in [4.78, 5) is 39.1. The standard InChI is InChI=1S/C41H44N8O5S/c1-25-7-14-31(15-8-25)55(52,53)49-24-34(32-19-28(22-45-38(32)49)39(50)46-21-26-6-5-17-43-20-26)27-9-16-36-33(18-27)37(35(42)23-44-36)47-29-10-12-30(13-11-29)48-40(51)54-41(2,3)4/h5-9,14-20,22-24,29-30H,10-13,21,42H2,1-4H3,(H,44,47)(H,46,50)(H,48,51)/t29-,30-. The topological polar surface area (TPSA) is 183 Å². The summed E-state index contributed by atoms with van der Waals surface area (Å²) in [6, 6.07) is 17.7. The molecule has 6 aromatic rings. The molecular formula is C41H44N8O5S. The van der Waals surface area contributed by atoms with E-state index >= 15 is 0 Å². The minimum absolute atomic E-state index is 0.00969. The van der Waals surface area contributed by atoms with Crippen molar-refractivity contribution in [3.05, 3.63) is 108 Å². The lowest BCUT2D eigenvalue weighted by Crippen LogP contribution is -2.42. The molecule has 1 aliphatic rings. The van der Waals surface area contributed by atoms with Gasteiger partial charge in [0.05, 0.1) is 33.5 Å². The molecule has 1 aliphatic carbocycles. The van der Waals surface area contributed by atoms with Crippen LogP contribution in [0.25, 0.3) is 33.1 Å². The number of aryl methyl sites for hydroxylation is 1. The van der Waals surface area contributed by atoms with Crippen LogP contribution >= 0.6 is 0 Å². The largest absolute Gasteiger partial charge is 0.444 e. The lowest BCUT2D eigenvalue weighted by molar-refractivity contribution is 0.0492. The third-order valence-corrected chi connectivity index (χ3v) is 11.3. The van der Waals surface area contributed by atoms with Crippen molar-refractivity contribution in [2.75, 3.05) is 11.1 Å². The summed E-state index contributed by atoms with van der Waals surface area (Å²) >= 11 is 0. The lowest BCUT2D eigenvalue weighted by Gasteiger charge is -2.31. The van der Waals surface area contributed by atoms with Crippen molar-refractivity contribution in [1.29, 1.82) is 0 Å². The third kappa shape index (κ3) is 8.24. The van der Waals surface area contributed by atoms with Gasteiger partial charge in [-0.05, 0) is 101 Å². The molecule has 55 heavy (non-hydrogen) atoms. The number of benzene rings is 2. The second-order valence-electron chi connectivity index (χ2n) is 15.0. The fourth-order valence-electron chi connectivity index (χ4n) is 6.82. The van der Waals surface area contributed by atoms with Gasteiger partial charge in [-0.2, -0.15) is 0 Å². The molecule has 0 spiro atoms. The number of alkyl carbamates (subject to hydrolysis) is 1. The number of carbonyl (C=O) groups excluding carboxylic acids is 2. The minimum atomic E-state index is -4.08. The van der Waals surface area contributed by atoms with Crippen molar-refractivity contribution in [1.82, 2.24) is 29.6 Å². The molecule has 0 unspecified atom stereocenters. The van der Waals surface area contributed by atoms with Crippen molar-refractivity contribution in [2.24, 2.45) is 0 Å². The summed E-state index contributed by atoms with van der Waals surface area (Å²) in [6.45, 7) is 7.67. The number of ether oxygens (including phenoxy) is 1. The van der Waals surface area contributed by atoms with E-state index in [2.05, 4.69) is 30.9 Å². The Morgan fingerprint density at radius 3 is 2.38 bits per heavy atom. The molecule has 13 nitrogen and oxygen atoms in total. The second-order valence-corrected chi connectivity index (χ2v) is 16.8. The highest BCUT2D eigenvalue weighted by Crippen LogP contribution is 2.38. The highest BCUT2D eigenvalue weighted by atomic mass is 32.2. The smallest absolute Gasteiger partial charge is 0.407 e. The van der Waals surface area contributed by atoms with Gasteiger partial charge in [0.2, 0.25) is 0 Å². The number of amides is 2. The van der Waals surface area contributed by atoms with Gasteiger partial charge in [0.1, 0.15) is 5.60 Å². The molecule has 14 heteroatoms. The summed E-state index contributed by atoms with van der Waals surface area (Å²) < 4.78 is 34.9. The van der Waals surface area contributed by atoms with Crippen LogP contribution in [0.15, 0.2) is 96.5 Å². The van der Waals surface area contributed by atoms with Crippen molar-refractivity contribution >= 4 is 55.3 Å². The van der Waals surface area contributed by atoms with E-state index in [0.29, 0.717) is 27.7 Å². The Kier molecular flexibility index (Phi) is 10.2. The number of nitrogens with one attached hydrogen (secondary N) is 3. The zero-order chi connectivity index (χ0) is 38.9. The van der Waals surface area contributed by atoms with Crippen LogP contribution in [0.2, 0.25) is 0 Å². The number of hydrogen-bond donors (Lipinski definition) is 4. The molecule has 0 atom stereocenters. The van der Waals surface area contributed by atoms with E-state index in [1.165, 1.54) is 10.2 Å². The Labute approximate surface area is 319 Å². The van der Waals surface area contributed by atoms with Gasteiger partial charge in [-0.15, -0.1) is 0 Å². The summed E-state index contributed by atoms with van der Waals surface area (Å²) in [7, 11) is -4.08. The number of nitrogens with two attached hydrogens (primary N) is 1. The summed E-state index contributed by atoms with van der Waals surface area (Å²) in [5.41, 5.74) is 11.3. The van der Waals surface area contributed by atoms with Gasteiger partial charge in [-0.1, -0.05) is 29.8 Å². The Morgan fingerprint density at radius 2 is 1.67 bits per heavy atom.